The molecular formula is C65H126O17P2. The number of unbranched alkanes of at least 4 members (excludes halogenated alkanes) is 37. The van der Waals surface area contributed by atoms with Gasteiger partial charge in [0.25, 0.3) is 0 Å². The van der Waals surface area contributed by atoms with Crippen LogP contribution >= 0.6 is 15.6 Å². The second kappa shape index (κ2) is 58.7. The third-order valence-corrected chi connectivity index (χ3v) is 16.9. The standard InChI is InChI=1S/C65H126O17P2/c1-6-9-12-15-18-27-33-38-43-48-62(67)75-54-60(81-64(69)50-45-40-35-29-20-17-14-11-8-3)56-79-83(71,72)77-52-59(66)53-78-84(73,74)80-57-61(55-76-63(68)49-44-39-34-28-19-16-13-10-7-2)82-65(70)51-46-41-36-31-26-24-22-21-23-25-30-32-37-42-47-58(4)5/h58-61,66H,6-57H2,1-5H3,(H,71,72)(H,73,74)/t59-,60+,61+/m0/s1. The van der Waals surface area contributed by atoms with Crippen LogP contribution in [-0.4, -0.2) is 96.7 Å². The van der Waals surface area contributed by atoms with Gasteiger partial charge in [0.2, 0.25) is 0 Å². The molecule has 0 heterocycles. The number of phosphoric acid groups is 2. The lowest BCUT2D eigenvalue weighted by atomic mass is 10.0. The van der Waals surface area contributed by atoms with E-state index in [2.05, 4.69) is 34.6 Å². The summed E-state index contributed by atoms with van der Waals surface area (Å²) in [5, 5.41) is 10.5. The second-order valence-electron chi connectivity index (χ2n) is 24.0. The number of carbonyl (C=O) groups is 4. The molecule has 0 radical (unpaired) electrons. The van der Waals surface area contributed by atoms with E-state index < -0.39 is 97.5 Å². The Kier molecular flexibility index (Phi) is 57.4. The largest absolute Gasteiger partial charge is 0.472 e. The number of phosphoric ester groups is 2. The highest BCUT2D eigenvalue weighted by molar-refractivity contribution is 7.47. The summed E-state index contributed by atoms with van der Waals surface area (Å²) in [6.45, 7) is 7.18. The molecule has 3 N–H and O–H groups in total. The smallest absolute Gasteiger partial charge is 0.462 e. The lowest BCUT2D eigenvalue weighted by Crippen LogP contribution is -2.30. The van der Waals surface area contributed by atoms with Crippen molar-refractivity contribution in [2.45, 2.75) is 348 Å². The number of hydrogen-bond donors (Lipinski definition) is 3. The first-order valence-electron chi connectivity index (χ1n) is 34.1. The van der Waals surface area contributed by atoms with Gasteiger partial charge >= 0.3 is 39.5 Å². The summed E-state index contributed by atoms with van der Waals surface area (Å²) in [7, 11) is -9.88. The summed E-state index contributed by atoms with van der Waals surface area (Å²) in [4.78, 5) is 72.1. The molecule has 5 atom stereocenters. The SMILES string of the molecule is CCCCCCCCCCCC(=O)OC[C@H](COP(=O)(O)OC[C@H](O)COP(=O)(O)OC[C@@H](COC(=O)CCCCCCCCCCC)OC(=O)CCCCCCCCCCCCCCCCC(C)C)OC(=O)CCCCCCCCCCC. The quantitative estimate of drug-likeness (QED) is 0.0222. The number of carbonyl (C=O) groups excluding carboxylic acids is 4. The van der Waals surface area contributed by atoms with Crippen LogP contribution in [0.4, 0.5) is 0 Å². The zero-order valence-electron chi connectivity index (χ0n) is 54.0. The molecule has 0 rings (SSSR count). The molecule has 0 amide bonds. The van der Waals surface area contributed by atoms with Crippen LogP contribution in [0.3, 0.4) is 0 Å². The molecule has 0 aliphatic rings. The van der Waals surface area contributed by atoms with Gasteiger partial charge < -0.3 is 33.8 Å². The van der Waals surface area contributed by atoms with Crippen LogP contribution in [0.1, 0.15) is 330 Å². The fraction of sp³-hybridized carbons (Fsp3) is 0.938. The maximum Gasteiger partial charge on any atom is 0.472 e. The van der Waals surface area contributed by atoms with Crippen molar-refractivity contribution in [1.29, 1.82) is 0 Å². The van der Waals surface area contributed by atoms with Crippen LogP contribution in [0.5, 0.6) is 0 Å². The van der Waals surface area contributed by atoms with Gasteiger partial charge in [0, 0.05) is 25.7 Å². The topological polar surface area (TPSA) is 237 Å². The molecule has 0 fully saturated rings. The summed E-state index contributed by atoms with van der Waals surface area (Å²) >= 11 is 0. The molecule has 0 aromatic heterocycles. The molecule has 2 unspecified atom stereocenters. The average Bonchev–Trinajstić information content (AvgIpc) is 3.57. The third kappa shape index (κ3) is 59.0. The zero-order valence-corrected chi connectivity index (χ0v) is 55.8. The Morgan fingerprint density at radius 2 is 0.548 bits per heavy atom. The summed E-state index contributed by atoms with van der Waals surface area (Å²) in [6, 6.07) is 0. The first-order chi connectivity index (χ1) is 40.5. The fourth-order valence-electron chi connectivity index (χ4n) is 9.76. The number of esters is 4. The van der Waals surface area contributed by atoms with E-state index in [9.17, 15) is 43.2 Å². The molecule has 0 aliphatic heterocycles. The van der Waals surface area contributed by atoms with E-state index in [0.29, 0.717) is 25.7 Å². The summed E-state index contributed by atoms with van der Waals surface area (Å²) in [6.07, 6.45) is 43.1. The van der Waals surface area contributed by atoms with Gasteiger partial charge in [-0.15, -0.1) is 0 Å². The van der Waals surface area contributed by atoms with E-state index in [1.807, 2.05) is 0 Å². The molecule has 17 nitrogen and oxygen atoms in total. The van der Waals surface area contributed by atoms with Gasteiger partial charge in [-0.25, -0.2) is 9.13 Å². The maximum absolute atomic E-state index is 13.0. The Balaban J connectivity index is 5.17. The normalized spacial score (nSPS) is 14.2. The molecule has 0 saturated heterocycles. The highest BCUT2D eigenvalue weighted by Gasteiger charge is 2.30. The molecule has 19 heteroatoms. The zero-order chi connectivity index (χ0) is 62.0. The van der Waals surface area contributed by atoms with Gasteiger partial charge in [0.1, 0.15) is 19.3 Å². The number of rotatable bonds is 65. The molecule has 0 aromatic carbocycles. The highest BCUT2D eigenvalue weighted by atomic mass is 31.2. The first-order valence-corrected chi connectivity index (χ1v) is 37.1. The summed E-state index contributed by atoms with van der Waals surface area (Å²) in [5.41, 5.74) is 0. The lowest BCUT2D eigenvalue weighted by molar-refractivity contribution is -0.161. The Morgan fingerprint density at radius 3 is 0.810 bits per heavy atom. The summed E-state index contributed by atoms with van der Waals surface area (Å²) in [5.74, 6) is -1.34. The Hall–Kier alpha value is -1.94. The fourth-order valence-corrected chi connectivity index (χ4v) is 11.3. The van der Waals surface area contributed by atoms with Crippen molar-refractivity contribution in [3.05, 3.63) is 0 Å². The van der Waals surface area contributed by atoms with Crippen molar-refractivity contribution >= 4 is 39.5 Å². The van der Waals surface area contributed by atoms with E-state index in [1.165, 1.54) is 154 Å². The molecule has 0 aromatic rings. The predicted octanol–water partition coefficient (Wildman–Crippen LogP) is 18.2. The van der Waals surface area contributed by atoms with Crippen molar-refractivity contribution in [3.8, 4) is 0 Å². The third-order valence-electron chi connectivity index (χ3n) is 15.0. The van der Waals surface area contributed by atoms with Crippen molar-refractivity contribution in [2.75, 3.05) is 39.6 Å². The van der Waals surface area contributed by atoms with Crippen molar-refractivity contribution in [1.82, 2.24) is 0 Å². The van der Waals surface area contributed by atoms with Gasteiger partial charge in [-0.3, -0.25) is 37.3 Å². The first kappa shape index (κ1) is 82.1. The van der Waals surface area contributed by atoms with Crippen LogP contribution in [0.15, 0.2) is 0 Å². The molecule has 84 heavy (non-hydrogen) atoms. The van der Waals surface area contributed by atoms with Crippen molar-refractivity contribution < 1.29 is 80.2 Å². The molecule has 498 valence electrons. The minimum atomic E-state index is -4.94. The van der Waals surface area contributed by atoms with Gasteiger partial charge in [0.15, 0.2) is 12.2 Å². The van der Waals surface area contributed by atoms with Gasteiger partial charge in [-0.2, -0.15) is 0 Å². The molecule has 0 saturated carbocycles. The predicted molar refractivity (Wildman–Crippen MR) is 335 cm³/mol. The van der Waals surface area contributed by atoms with E-state index in [1.54, 1.807) is 0 Å². The number of aliphatic hydroxyl groups excluding tert-OH is 1. The van der Waals surface area contributed by atoms with Gasteiger partial charge in [0.05, 0.1) is 26.4 Å². The lowest BCUT2D eigenvalue weighted by Gasteiger charge is -2.21. The number of aliphatic hydroxyl groups is 1. The Labute approximate surface area is 511 Å². The monoisotopic (exact) mass is 1240 g/mol. The number of hydrogen-bond acceptors (Lipinski definition) is 15. The number of ether oxygens (including phenoxy) is 4. The van der Waals surface area contributed by atoms with Gasteiger partial charge in [-0.05, 0) is 31.6 Å². The van der Waals surface area contributed by atoms with E-state index >= 15 is 0 Å². The second-order valence-corrected chi connectivity index (χ2v) is 26.9. The average molecular weight is 1240 g/mol. The van der Waals surface area contributed by atoms with E-state index in [-0.39, 0.29) is 25.7 Å². The highest BCUT2D eigenvalue weighted by Crippen LogP contribution is 2.45. The van der Waals surface area contributed by atoms with Crippen molar-refractivity contribution in [2.24, 2.45) is 5.92 Å². The Bertz CT molecular complexity index is 1640. The summed E-state index contributed by atoms with van der Waals surface area (Å²) < 4.78 is 67.9. The minimum Gasteiger partial charge on any atom is -0.462 e. The van der Waals surface area contributed by atoms with Crippen LogP contribution in [0.25, 0.3) is 0 Å². The van der Waals surface area contributed by atoms with Crippen LogP contribution in [0.2, 0.25) is 0 Å². The van der Waals surface area contributed by atoms with Crippen LogP contribution in [0, 0.1) is 5.92 Å². The van der Waals surface area contributed by atoms with Crippen LogP contribution in [-0.2, 0) is 65.4 Å². The minimum absolute atomic E-state index is 0.106. The van der Waals surface area contributed by atoms with E-state index in [4.69, 9.17) is 37.0 Å². The molecule has 0 bridgehead atoms. The molecule has 0 aliphatic carbocycles. The maximum atomic E-state index is 13.0. The van der Waals surface area contributed by atoms with E-state index in [0.717, 1.165) is 95.8 Å². The Morgan fingerprint density at radius 1 is 0.321 bits per heavy atom. The van der Waals surface area contributed by atoms with Crippen LogP contribution < -0.4 is 0 Å². The van der Waals surface area contributed by atoms with Crippen molar-refractivity contribution in [3.63, 3.8) is 0 Å². The molecular weight excluding hydrogens is 1110 g/mol. The van der Waals surface area contributed by atoms with Gasteiger partial charge in [-0.1, -0.05) is 279 Å². The molecule has 0 spiro atoms.